The summed E-state index contributed by atoms with van der Waals surface area (Å²) in [4.78, 5) is 0. The van der Waals surface area contributed by atoms with Gasteiger partial charge in [-0.15, -0.1) is 0 Å². The Hall–Kier alpha value is -0.990. The van der Waals surface area contributed by atoms with Crippen molar-refractivity contribution in [3.8, 4) is 0 Å². The number of nitrogen functional groups attached to an aromatic ring is 1. The van der Waals surface area contributed by atoms with Crippen molar-refractivity contribution in [1.82, 2.24) is 5.16 Å². The first-order valence-corrected chi connectivity index (χ1v) is 7.54. The molecule has 0 aliphatic heterocycles. The summed E-state index contributed by atoms with van der Waals surface area (Å²) < 4.78 is 4.83. The van der Waals surface area contributed by atoms with Gasteiger partial charge in [-0.25, -0.2) is 0 Å². The van der Waals surface area contributed by atoms with Gasteiger partial charge in [-0.2, -0.15) is 0 Å². The molecule has 3 nitrogen and oxygen atoms in total. The molecule has 1 rings (SSSR count). The van der Waals surface area contributed by atoms with E-state index in [1.807, 2.05) is 6.07 Å². The van der Waals surface area contributed by atoms with Crippen LogP contribution in [-0.4, -0.2) is 5.16 Å². The van der Waals surface area contributed by atoms with Crippen molar-refractivity contribution < 1.29 is 4.52 Å². The fraction of sp³-hybridized carbons (Fsp3) is 0.800. The maximum Gasteiger partial charge on any atom is 0.222 e. The summed E-state index contributed by atoms with van der Waals surface area (Å²) in [5, 5.41) is 3.89. The van der Waals surface area contributed by atoms with Crippen LogP contribution in [0.4, 0.5) is 5.88 Å². The highest BCUT2D eigenvalue weighted by Gasteiger charge is 2.00. The van der Waals surface area contributed by atoms with Crippen LogP contribution in [0.1, 0.15) is 76.8 Å². The van der Waals surface area contributed by atoms with E-state index in [0.29, 0.717) is 5.88 Å². The Bertz CT molecular complexity index is 296. The third-order valence-corrected chi connectivity index (χ3v) is 3.36. The molecule has 0 atom stereocenters. The first kappa shape index (κ1) is 15.1. The summed E-state index contributed by atoms with van der Waals surface area (Å²) in [6, 6.07) is 1.83. The van der Waals surface area contributed by atoms with Crippen molar-refractivity contribution in [3.05, 3.63) is 11.8 Å². The molecule has 104 valence electrons. The zero-order valence-corrected chi connectivity index (χ0v) is 11.8. The van der Waals surface area contributed by atoms with Crippen LogP contribution in [0.2, 0.25) is 0 Å². The zero-order valence-electron chi connectivity index (χ0n) is 11.8. The van der Waals surface area contributed by atoms with E-state index in [1.54, 1.807) is 0 Å². The lowest BCUT2D eigenvalue weighted by molar-refractivity contribution is 0.425. The smallest absolute Gasteiger partial charge is 0.222 e. The van der Waals surface area contributed by atoms with Crippen molar-refractivity contribution in [1.29, 1.82) is 0 Å². The molecule has 0 saturated heterocycles. The molecule has 1 aromatic heterocycles. The number of rotatable bonds is 11. The second kappa shape index (κ2) is 9.98. The second-order valence-corrected chi connectivity index (χ2v) is 5.15. The van der Waals surface area contributed by atoms with Crippen molar-refractivity contribution in [2.75, 3.05) is 5.73 Å². The van der Waals surface area contributed by atoms with E-state index in [9.17, 15) is 0 Å². The van der Waals surface area contributed by atoms with Gasteiger partial charge in [0.05, 0.1) is 5.69 Å². The SMILES string of the molecule is CCCCCCCCCCCCc1cc(N)on1. The van der Waals surface area contributed by atoms with Crippen LogP contribution in [-0.2, 0) is 6.42 Å². The van der Waals surface area contributed by atoms with E-state index in [-0.39, 0.29) is 0 Å². The number of aryl methyl sites for hydroxylation is 1. The number of hydrogen-bond donors (Lipinski definition) is 1. The van der Waals surface area contributed by atoms with Crippen LogP contribution < -0.4 is 5.73 Å². The molecule has 0 aliphatic rings. The van der Waals surface area contributed by atoms with Crippen molar-refractivity contribution in [3.63, 3.8) is 0 Å². The largest absolute Gasteiger partial charge is 0.368 e. The molecule has 0 aliphatic carbocycles. The Balaban J connectivity index is 1.81. The van der Waals surface area contributed by atoms with Crippen molar-refractivity contribution >= 4 is 5.88 Å². The molecule has 0 aromatic carbocycles. The highest BCUT2D eigenvalue weighted by atomic mass is 16.5. The lowest BCUT2D eigenvalue weighted by Gasteiger charge is -2.01. The molecule has 3 heteroatoms. The fourth-order valence-corrected chi connectivity index (χ4v) is 2.24. The number of anilines is 1. The van der Waals surface area contributed by atoms with Gasteiger partial charge in [-0.05, 0) is 12.8 Å². The van der Waals surface area contributed by atoms with Crippen LogP contribution in [0.25, 0.3) is 0 Å². The average Bonchev–Trinajstić information content (AvgIpc) is 2.77. The number of nitrogens with two attached hydrogens (primary N) is 1. The maximum atomic E-state index is 5.47. The number of hydrogen-bond acceptors (Lipinski definition) is 3. The summed E-state index contributed by atoms with van der Waals surface area (Å²) in [6.07, 6.45) is 14.6. The predicted octanol–water partition coefficient (Wildman–Crippen LogP) is 4.72. The van der Waals surface area contributed by atoms with Gasteiger partial charge in [0.2, 0.25) is 5.88 Å². The Kier molecular flexibility index (Phi) is 8.36. The molecule has 0 bridgehead atoms. The van der Waals surface area contributed by atoms with Gasteiger partial charge in [-0.3, -0.25) is 0 Å². The van der Waals surface area contributed by atoms with Crippen molar-refractivity contribution in [2.24, 2.45) is 0 Å². The zero-order chi connectivity index (χ0) is 13.1. The molecule has 1 aromatic rings. The normalized spacial score (nSPS) is 10.9. The summed E-state index contributed by atoms with van der Waals surface area (Å²) in [5.74, 6) is 0.428. The minimum Gasteiger partial charge on any atom is -0.368 e. The Morgan fingerprint density at radius 1 is 0.944 bits per heavy atom. The van der Waals surface area contributed by atoms with Gasteiger partial charge in [-0.1, -0.05) is 69.9 Å². The summed E-state index contributed by atoms with van der Waals surface area (Å²) >= 11 is 0. The van der Waals surface area contributed by atoms with Crippen LogP contribution in [0.15, 0.2) is 10.6 Å². The minimum atomic E-state index is 0.428. The molecule has 0 fully saturated rings. The summed E-state index contributed by atoms with van der Waals surface area (Å²) in [5.41, 5.74) is 6.46. The van der Waals surface area contributed by atoms with Crippen LogP contribution >= 0.6 is 0 Å². The average molecular weight is 252 g/mol. The van der Waals surface area contributed by atoms with Gasteiger partial charge < -0.3 is 10.3 Å². The van der Waals surface area contributed by atoms with Gasteiger partial charge >= 0.3 is 0 Å². The van der Waals surface area contributed by atoms with E-state index in [1.165, 1.54) is 64.2 Å². The minimum absolute atomic E-state index is 0.428. The number of aromatic nitrogens is 1. The molecule has 0 amide bonds. The van der Waals surface area contributed by atoms with Crippen LogP contribution in [0.3, 0.4) is 0 Å². The van der Waals surface area contributed by atoms with Gasteiger partial charge in [0.25, 0.3) is 0 Å². The second-order valence-electron chi connectivity index (χ2n) is 5.15. The Morgan fingerprint density at radius 2 is 1.50 bits per heavy atom. The van der Waals surface area contributed by atoms with Gasteiger partial charge in [0.15, 0.2) is 0 Å². The molecule has 0 unspecified atom stereocenters. The van der Waals surface area contributed by atoms with E-state index in [2.05, 4.69) is 12.1 Å². The van der Waals surface area contributed by atoms with E-state index in [4.69, 9.17) is 10.3 Å². The standard InChI is InChI=1S/C15H28N2O/c1-2-3-4-5-6-7-8-9-10-11-12-14-13-15(16)18-17-14/h13H,2-12,16H2,1H3. The first-order chi connectivity index (χ1) is 8.83. The maximum absolute atomic E-state index is 5.47. The number of unbranched alkanes of at least 4 members (excludes halogenated alkanes) is 9. The lowest BCUT2D eigenvalue weighted by atomic mass is 10.1. The summed E-state index contributed by atoms with van der Waals surface area (Å²) in [6.45, 7) is 2.27. The topological polar surface area (TPSA) is 52.0 Å². The van der Waals surface area contributed by atoms with E-state index in [0.717, 1.165) is 12.1 Å². The van der Waals surface area contributed by atoms with Crippen LogP contribution in [0.5, 0.6) is 0 Å². The molecular weight excluding hydrogens is 224 g/mol. The Labute approximate surface area is 111 Å². The predicted molar refractivity (Wildman–Crippen MR) is 76.5 cm³/mol. The fourth-order valence-electron chi connectivity index (χ4n) is 2.24. The first-order valence-electron chi connectivity index (χ1n) is 7.54. The molecule has 2 N–H and O–H groups in total. The van der Waals surface area contributed by atoms with Crippen molar-refractivity contribution in [2.45, 2.75) is 77.6 Å². The van der Waals surface area contributed by atoms with E-state index >= 15 is 0 Å². The van der Waals surface area contributed by atoms with E-state index < -0.39 is 0 Å². The summed E-state index contributed by atoms with van der Waals surface area (Å²) in [7, 11) is 0. The van der Waals surface area contributed by atoms with Gasteiger partial charge in [0, 0.05) is 6.07 Å². The molecule has 1 heterocycles. The molecular formula is C15H28N2O. The highest BCUT2D eigenvalue weighted by Crippen LogP contribution is 2.13. The molecule has 18 heavy (non-hydrogen) atoms. The molecule has 0 spiro atoms. The highest BCUT2D eigenvalue weighted by molar-refractivity contribution is 5.24. The van der Waals surface area contributed by atoms with Crippen LogP contribution in [0, 0.1) is 0 Å². The third-order valence-electron chi connectivity index (χ3n) is 3.36. The van der Waals surface area contributed by atoms with Gasteiger partial charge in [0.1, 0.15) is 0 Å². The molecule has 0 saturated carbocycles. The third kappa shape index (κ3) is 7.36. The lowest BCUT2D eigenvalue weighted by Crippen LogP contribution is -1.86. The quantitative estimate of drug-likeness (QED) is 0.580. The number of nitrogens with zero attached hydrogens (tertiary/aromatic N) is 1. The Morgan fingerprint density at radius 3 is 2.00 bits per heavy atom. The molecule has 0 radical (unpaired) electrons. The monoisotopic (exact) mass is 252 g/mol.